The molecule has 0 aliphatic carbocycles. The zero-order chi connectivity index (χ0) is 21.5. The summed E-state index contributed by atoms with van der Waals surface area (Å²) in [6.45, 7) is -3.13. The largest absolute Gasteiger partial charge is 0.444 e. The van der Waals surface area contributed by atoms with E-state index in [1.165, 1.54) is 36.4 Å². The third-order valence-corrected chi connectivity index (χ3v) is 4.00. The summed E-state index contributed by atoms with van der Waals surface area (Å²) in [5.74, 6) is -2.57. The Labute approximate surface area is 170 Å². The summed E-state index contributed by atoms with van der Waals surface area (Å²) in [6.07, 6.45) is -1.39. The average Bonchev–Trinajstić information content (AvgIpc) is 2.74. The lowest BCUT2D eigenvalue weighted by Crippen LogP contribution is -2.26. The molecule has 3 aromatic rings. The van der Waals surface area contributed by atoms with Gasteiger partial charge in [-0.05, 0) is 36.4 Å². The van der Waals surface area contributed by atoms with E-state index in [2.05, 4.69) is 10.1 Å². The van der Waals surface area contributed by atoms with Crippen LogP contribution in [0.15, 0.2) is 78.9 Å². The molecule has 0 aliphatic rings. The number of hydrogen-bond acceptors (Lipinski definition) is 4. The maximum atomic E-state index is 13.1. The van der Waals surface area contributed by atoms with Crippen molar-refractivity contribution in [3.63, 3.8) is 0 Å². The first-order chi connectivity index (χ1) is 14.4. The van der Waals surface area contributed by atoms with Crippen LogP contribution in [0.4, 0.5) is 18.9 Å². The summed E-state index contributed by atoms with van der Waals surface area (Å²) in [5.41, 5.74) is 0.394. The van der Waals surface area contributed by atoms with Gasteiger partial charge in [-0.3, -0.25) is 4.79 Å². The normalized spacial score (nSPS) is 11.6. The number of alkyl halides is 2. The van der Waals surface area contributed by atoms with Crippen molar-refractivity contribution in [3.8, 4) is 5.75 Å². The minimum absolute atomic E-state index is 0.256. The smallest absolute Gasteiger partial charge is 0.387 e. The second-order valence-electron chi connectivity index (χ2n) is 6.07. The molecule has 0 fully saturated rings. The molecule has 0 aromatic heterocycles. The summed E-state index contributed by atoms with van der Waals surface area (Å²) >= 11 is 0. The van der Waals surface area contributed by atoms with Crippen molar-refractivity contribution in [2.45, 2.75) is 12.7 Å². The van der Waals surface area contributed by atoms with Crippen molar-refractivity contribution in [1.29, 1.82) is 0 Å². The molecule has 30 heavy (non-hydrogen) atoms. The summed E-state index contributed by atoms with van der Waals surface area (Å²) < 4.78 is 48.0. The second-order valence-corrected chi connectivity index (χ2v) is 6.07. The molecular weight excluding hydrogens is 399 g/mol. The molecule has 3 rings (SSSR count). The summed E-state index contributed by atoms with van der Waals surface area (Å²) in [7, 11) is 0. The lowest BCUT2D eigenvalue weighted by molar-refractivity contribution is -0.125. The van der Waals surface area contributed by atoms with Crippen LogP contribution in [0.1, 0.15) is 22.0 Å². The van der Waals surface area contributed by atoms with Gasteiger partial charge in [0.2, 0.25) is 6.10 Å². The van der Waals surface area contributed by atoms with Crippen molar-refractivity contribution in [1.82, 2.24) is 0 Å². The van der Waals surface area contributed by atoms with Crippen LogP contribution in [0, 0.1) is 5.82 Å². The SMILES string of the molecule is O=C(O[C@@H](C(=O)Nc1ccc(F)cc1)c1ccccc1)c1ccccc1OC(F)F. The molecule has 0 spiro atoms. The van der Waals surface area contributed by atoms with Crippen molar-refractivity contribution < 1.29 is 32.2 Å². The maximum absolute atomic E-state index is 13.1. The second kappa shape index (κ2) is 9.60. The molecule has 1 atom stereocenters. The zero-order valence-electron chi connectivity index (χ0n) is 15.4. The number of anilines is 1. The Hall–Kier alpha value is -3.81. The van der Waals surface area contributed by atoms with Gasteiger partial charge in [-0.2, -0.15) is 8.78 Å². The lowest BCUT2D eigenvalue weighted by Gasteiger charge is -2.19. The predicted octanol–water partition coefficient (Wildman–Crippen LogP) is 4.96. The third-order valence-electron chi connectivity index (χ3n) is 4.00. The van der Waals surface area contributed by atoms with Crippen LogP contribution in [0.25, 0.3) is 0 Å². The summed E-state index contributed by atoms with van der Waals surface area (Å²) in [6, 6.07) is 18.5. The number of nitrogens with one attached hydrogen (secondary N) is 1. The molecule has 5 nitrogen and oxygen atoms in total. The van der Waals surface area contributed by atoms with Gasteiger partial charge < -0.3 is 14.8 Å². The number of halogens is 3. The van der Waals surface area contributed by atoms with Crippen LogP contribution < -0.4 is 10.1 Å². The Morgan fingerprint density at radius 3 is 2.13 bits per heavy atom. The van der Waals surface area contributed by atoms with E-state index < -0.39 is 30.4 Å². The Kier molecular flexibility index (Phi) is 6.69. The van der Waals surface area contributed by atoms with Crippen LogP contribution in [-0.4, -0.2) is 18.5 Å². The minimum Gasteiger partial charge on any atom is -0.444 e. The molecule has 0 unspecified atom stereocenters. The number of carbonyl (C=O) groups is 2. The fourth-order valence-electron chi connectivity index (χ4n) is 2.65. The van der Waals surface area contributed by atoms with Crippen molar-refractivity contribution in [2.75, 3.05) is 5.32 Å². The van der Waals surface area contributed by atoms with Gasteiger partial charge in [0.1, 0.15) is 17.1 Å². The van der Waals surface area contributed by atoms with E-state index in [1.54, 1.807) is 30.3 Å². The molecule has 0 radical (unpaired) electrons. The van der Waals surface area contributed by atoms with Gasteiger partial charge in [-0.1, -0.05) is 42.5 Å². The molecule has 0 saturated carbocycles. The summed E-state index contributed by atoms with van der Waals surface area (Å²) in [5, 5.41) is 2.54. The number of rotatable bonds is 7. The molecule has 8 heteroatoms. The highest BCUT2D eigenvalue weighted by Crippen LogP contribution is 2.26. The number of para-hydroxylation sites is 1. The highest BCUT2D eigenvalue weighted by molar-refractivity contribution is 5.99. The first kappa shape index (κ1) is 20.9. The van der Waals surface area contributed by atoms with Crippen molar-refractivity contribution in [3.05, 3.63) is 95.8 Å². The molecule has 0 heterocycles. The van der Waals surface area contributed by atoms with Crippen LogP contribution >= 0.6 is 0 Å². The zero-order valence-corrected chi connectivity index (χ0v) is 15.4. The fraction of sp³-hybridized carbons (Fsp3) is 0.0909. The van der Waals surface area contributed by atoms with E-state index in [4.69, 9.17) is 4.74 Å². The highest BCUT2D eigenvalue weighted by atomic mass is 19.3. The minimum atomic E-state index is -3.13. The molecule has 3 aromatic carbocycles. The average molecular weight is 415 g/mol. The van der Waals surface area contributed by atoms with Gasteiger partial charge in [0, 0.05) is 11.3 Å². The number of ether oxygens (including phenoxy) is 2. The molecular formula is C22H16F3NO4. The summed E-state index contributed by atoms with van der Waals surface area (Å²) in [4.78, 5) is 25.4. The Balaban J connectivity index is 1.86. The molecule has 0 aliphatic heterocycles. The number of hydrogen-bond donors (Lipinski definition) is 1. The molecule has 1 amide bonds. The number of amides is 1. The number of benzene rings is 3. The monoisotopic (exact) mass is 415 g/mol. The first-order valence-electron chi connectivity index (χ1n) is 8.80. The molecule has 0 saturated heterocycles. The van der Waals surface area contributed by atoms with Crippen LogP contribution in [0.2, 0.25) is 0 Å². The highest BCUT2D eigenvalue weighted by Gasteiger charge is 2.27. The van der Waals surface area contributed by atoms with Crippen molar-refractivity contribution in [2.24, 2.45) is 0 Å². The fourth-order valence-corrected chi connectivity index (χ4v) is 2.65. The number of carbonyl (C=O) groups excluding carboxylic acids is 2. The van der Waals surface area contributed by atoms with E-state index in [0.29, 0.717) is 11.3 Å². The van der Waals surface area contributed by atoms with E-state index in [1.807, 2.05) is 0 Å². The number of esters is 1. The van der Waals surface area contributed by atoms with Gasteiger partial charge in [0.05, 0.1) is 0 Å². The van der Waals surface area contributed by atoms with Gasteiger partial charge in [0.15, 0.2) is 0 Å². The quantitative estimate of drug-likeness (QED) is 0.554. The maximum Gasteiger partial charge on any atom is 0.387 e. The Bertz CT molecular complexity index is 1010. The molecule has 1 N–H and O–H groups in total. The topological polar surface area (TPSA) is 64.6 Å². The lowest BCUT2D eigenvalue weighted by atomic mass is 10.1. The van der Waals surface area contributed by atoms with E-state index >= 15 is 0 Å². The van der Waals surface area contributed by atoms with Crippen LogP contribution in [-0.2, 0) is 9.53 Å². The standard InChI is InChI=1S/C22H16F3NO4/c23-15-10-12-16(13-11-15)26-20(27)19(14-6-2-1-3-7-14)30-21(28)17-8-4-5-9-18(17)29-22(24)25/h1-13,19,22H,(H,26,27)/t19-/m1/s1. The first-order valence-corrected chi connectivity index (χ1v) is 8.80. The van der Waals surface area contributed by atoms with Gasteiger partial charge >= 0.3 is 12.6 Å². The third kappa shape index (κ3) is 5.38. The Morgan fingerprint density at radius 2 is 1.47 bits per heavy atom. The van der Waals surface area contributed by atoms with Gasteiger partial charge in [0.25, 0.3) is 5.91 Å². The Morgan fingerprint density at radius 1 is 0.833 bits per heavy atom. The van der Waals surface area contributed by atoms with E-state index in [0.717, 1.165) is 12.1 Å². The molecule has 154 valence electrons. The van der Waals surface area contributed by atoms with Crippen molar-refractivity contribution >= 4 is 17.6 Å². The van der Waals surface area contributed by atoms with Gasteiger partial charge in [-0.15, -0.1) is 0 Å². The van der Waals surface area contributed by atoms with E-state index in [9.17, 15) is 22.8 Å². The van der Waals surface area contributed by atoms with Crippen LogP contribution in [0.3, 0.4) is 0 Å². The van der Waals surface area contributed by atoms with Crippen LogP contribution in [0.5, 0.6) is 5.75 Å². The predicted molar refractivity (Wildman–Crippen MR) is 103 cm³/mol. The van der Waals surface area contributed by atoms with Gasteiger partial charge in [-0.25, -0.2) is 9.18 Å². The molecule has 0 bridgehead atoms. The van der Waals surface area contributed by atoms with E-state index in [-0.39, 0.29) is 11.3 Å².